The molecule has 1 atom stereocenters. The highest BCUT2D eigenvalue weighted by atomic mass is 19.1. The molecule has 1 aromatic rings. The lowest BCUT2D eigenvalue weighted by Crippen LogP contribution is -2.09. The van der Waals surface area contributed by atoms with Crippen LogP contribution in [-0.2, 0) is 9.53 Å². The fourth-order valence-electron chi connectivity index (χ4n) is 1.47. The van der Waals surface area contributed by atoms with E-state index in [1.807, 2.05) is 0 Å². The zero-order valence-electron chi connectivity index (χ0n) is 7.92. The molecular formula is C10H6FNO4. The van der Waals surface area contributed by atoms with Crippen LogP contribution in [0.15, 0.2) is 30.5 Å². The summed E-state index contributed by atoms with van der Waals surface area (Å²) in [6.45, 7) is 0. The molecular weight excluding hydrogens is 217 g/mol. The predicted molar refractivity (Wildman–Crippen MR) is 51.0 cm³/mol. The highest BCUT2D eigenvalue weighted by molar-refractivity contribution is 5.96. The van der Waals surface area contributed by atoms with Gasteiger partial charge in [0.1, 0.15) is 5.82 Å². The number of hydrogen-bond acceptors (Lipinski definition) is 4. The number of ether oxygens (including phenoxy) is 1. The molecule has 1 aliphatic heterocycles. The second-order valence-corrected chi connectivity index (χ2v) is 3.18. The average Bonchev–Trinajstić information content (AvgIpc) is 2.63. The Kier molecular flexibility index (Phi) is 2.40. The lowest BCUT2D eigenvalue weighted by atomic mass is 10.0. The minimum atomic E-state index is -1.11. The summed E-state index contributed by atoms with van der Waals surface area (Å²) in [7, 11) is 0. The van der Waals surface area contributed by atoms with Crippen molar-refractivity contribution < 1.29 is 18.8 Å². The van der Waals surface area contributed by atoms with Gasteiger partial charge in [0.05, 0.1) is 16.7 Å². The molecule has 1 heterocycles. The van der Waals surface area contributed by atoms with Crippen molar-refractivity contribution in [3.63, 3.8) is 0 Å². The summed E-state index contributed by atoms with van der Waals surface area (Å²) in [6, 6.07) is 2.92. The van der Waals surface area contributed by atoms with E-state index in [0.717, 1.165) is 30.5 Å². The van der Waals surface area contributed by atoms with Gasteiger partial charge in [-0.25, -0.2) is 4.39 Å². The number of hydrogen-bond donors (Lipinski definition) is 0. The predicted octanol–water partition coefficient (Wildman–Crippen LogP) is 1.89. The van der Waals surface area contributed by atoms with Gasteiger partial charge in [-0.1, -0.05) is 0 Å². The van der Waals surface area contributed by atoms with Crippen molar-refractivity contribution in [3.05, 3.63) is 52.0 Å². The quantitative estimate of drug-likeness (QED) is 0.567. The highest BCUT2D eigenvalue weighted by Gasteiger charge is 2.30. The Hall–Kier alpha value is -2.24. The number of halogens is 1. The molecule has 1 aromatic carbocycles. The number of nitrogens with zero attached hydrogens (tertiary/aromatic N) is 1. The minimum absolute atomic E-state index is 0.0694. The Morgan fingerprint density at radius 3 is 2.75 bits per heavy atom. The molecule has 0 fully saturated rings. The summed E-state index contributed by atoms with van der Waals surface area (Å²) in [5, 5.41) is 10.7. The van der Waals surface area contributed by atoms with Crippen LogP contribution in [-0.4, -0.2) is 10.7 Å². The van der Waals surface area contributed by atoms with E-state index >= 15 is 0 Å². The van der Waals surface area contributed by atoms with Crippen molar-refractivity contribution in [2.75, 3.05) is 0 Å². The number of carbonyl (C=O) groups is 1. The van der Waals surface area contributed by atoms with E-state index < -0.39 is 22.6 Å². The maximum absolute atomic E-state index is 13.0. The van der Waals surface area contributed by atoms with Crippen molar-refractivity contribution in [1.29, 1.82) is 0 Å². The molecule has 0 amide bonds. The maximum atomic E-state index is 13.0. The molecule has 0 N–H and O–H groups in total. The van der Waals surface area contributed by atoms with Crippen LogP contribution < -0.4 is 0 Å². The second-order valence-electron chi connectivity index (χ2n) is 3.18. The number of nitro groups is 1. The lowest BCUT2D eigenvalue weighted by molar-refractivity contribution is -0.386. The zero-order chi connectivity index (χ0) is 11.7. The molecule has 2 rings (SSSR count). The molecule has 0 bridgehead atoms. The van der Waals surface area contributed by atoms with Crippen LogP contribution in [0.4, 0.5) is 10.1 Å². The lowest BCUT2D eigenvalue weighted by Gasteiger charge is -2.09. The first-order valence-electron chi connectivity index (χ1n) is 4.39. The minimum Gasteiger partial charge on any atom is -0.485 e. The third-order valence-electron chi connectivity index (χ3n) is 2.17. The van der Waals surface area contributed by atoms with Crippen molar-refractivity contribution in [1.82, 2.24) is 0 Å². The molecule has 1 unspecified atom stereocenters. The summed E-state index contributed by atoms with van der Waals surface area (Å²) in [4.78, 5) is 21.3. The van der Waals surface area contributed by atoms with E-state index in [9.17, 15) is 19.3 Å². The molecule has 0 aliphatic carbocycles. The summed E-state index contributed by atoms with van der Waals surface area (Å²) in [6.07, 6.45) is 1.18. The van der Waals surface area contributed by atoms with Crippen LogP contribution in [0.3, 0.4) is 0 Å². The van der Waals surface area contributed by atoms with Gasteiger partial charge < -0.3 is 4.74 Å². The second kappa shape index (κ2) is 3.73. The first kappa shape index (κ1) is 10.3. The molecule has 5 nitrogen and oxygen atoms in total. The van der Waals surface area contributed by atoms with E-state index in [4.69, 9.17) is 4.74 Å². The number of rotatable bonds is 2. The van der Waals surface area contributed by atoms with Gasteiger partial charge in [-0.2, -0.15) is 0 Å². The van der Waals surface area contributed by atoms with Gasteiger partial charge in [0, 0.05) is 12.1 Å². The summed E-state index contributed by atoms with van der Waals surface area (Å²) in [5.74, 6) is -1.09. The Bertz CT molecular complexity index is 498. The molecule has 6 heteroatoms. The average molecular weight is 223 g/mol. The van der Waals surface area contributed by atoms with Gasteiger partial charge in [0.2, 0.25) is 5.78 Å². The fourth-order valence-corrected chi connectivity index (χ4v) is 1.47. The summed E-state index contributed by atoms with van der Waals surface area (Å²) >= 11 is 0. The Labute approximate surface area is 89.3 Å². The number of benzene rings is 1. The molecule has 0 aromatic heterocycles. The van der Waals surface area contributed by atoms with Crippen molar-refractivity contribution in [2.45, 2.75) is 6.10 Å². The molecule has 1 aliphatic rings. The molecule has 16 heavy (non-hydrogen) atoms. The van der Waals surface area contributed by atoms with Crippen molar-refractivity contribution >= 4 is 11.5 Å². The standard InChI is InChI=1S/C10H6FNO4/c11-6-1-2-8(12(14)15)7(5-6)10-9(13)3-4-16-10/h1-5,10H. The Balaban J connectivity index is 2.49. The first-order valence-corrected chi connectivity index (χ1v) is 4.39. The van der Waals surface area contributed by atoms with E-state index in [1.54, 1.807) is 0 Å². The number of carbonyl (C=O) groups excluding carboxylic acids is 1. The van der Waals surface area contributed by atoms with Gasteiger partial charge in [-0.15, -0.1) is 0 Å². The normalized spacial score (nSPS) is 18.6. The largest absolute Gasteiger partial charge is 0.485 e. The van der Waals surface area contributed by atoms with Crippen LogP contribution in [0, 0.1) is 15.9 Å². The van der Waals surface area contributed by atoms with Gasteiger partial charge in [0.25, 0.3) is 5.69 Å². The van der Waals surface area contributed by atoms with Gasteiger partial charge in [-0.05, 0) is 12.1 Å². The van der Waals surface area contributed by atoms with E-state index in [0.29, 0.717) is 0 Å². The van der Waals surface area contributed by atoms with E-state index in [2.05, 4.69) is 0 Å². The van der Waals surface area contributed by atoms with Gasteiger partial charge in [-0.3, -0.25) is 14.9 Å². The van der Waals surface area contributed by atoms with Crippen LogP contribution >= 0.6 is 0 Å². The Morgan fingerprint density at radius 1 is 1.44 bits per heavy atom. The zero-order valence-corrected chi connectivity index (χ0v) is 7.92. The van der Waals surface area contributed by atoms with E-state index in [1.165, 1.54) is 0 Å². The third kappa shape index (κ3) is 1.65. The number of nitro benzene ring substituents is 1. The van der Waals surface area contributed by atoms with Crippen LogP contribution in [0.25, 0.3) is 0 Å². The SMILES string of the molecule is O=C1C=COC1c1cc(F)ccc1[N+](=O)[O-]. The molecule has 0 saturated heterocycles. The van der Waals surface area contributed by atoms with Crippen LogP contribution in [0.1, 0.15) is 11.7 Å². The Morgan fingerprint density at radius 2 is 2.19 bits per heavy atom. The molecule has 82 valence electrons. The summed E-state index contributed by atoms with van der Waals surface area (Å²) < 4.78 is 17.9. The van der Waals surface area contributed by atoms with Gasteiger partial charge >= 0.3 is 0 Å². The third-order valence-corrected chi connectivity index (χ3v) is 2.17. The monoisotopic (exact) mass is 223 g/mol. The van der Waals surface area contributed by atoms with Crippen molar-refractivity contribution in [2.24, 2.45) is 0 Å². The highest BCUT2D eigenvalue weighted by Crippen LogP contribution is 2.31. The van der Waals surface area contributed by atoms with Gasteiger partial charge in [0.15, 0.2) is 6.10 Å². The topological polar surface area (TPSA) is 69.4 Å². The van der Waals surface area contributed by atoms with Crippen molar-refractivity contribution in [3.8, 4) is 0 Å². The molecule has 0 radical (unpaired) electrons. The van der Waals surface area contributed by atoms with E-state index in [-0.39, 0.29) is 11.3 Å². The first-order chi connectivity index (χ1) is 7.59. The number of ketones is 1. The van der Waals surface area contributed by atoms with Crippen LogP contribution in [0.2, 0.25) is 0 Å². The smallest absolute Gasteiger partial charge is 0.277 e. The summed E-state index contributed by atoms with van der Waals surface area (Å²) in [5.41, 5.74) is -0.400. The molecule has 0 spiro atoms. The maximum Gasteiger partial charge on any atom is 0.277 e. The van der Waals surface area contributed by atoms with Crippen LogP contribution in [0.5, 0.6) is 0 Å². The molecule has 0 saturated carbocycles. The fraction of sp³-hybridized carbons (Fsp3) is 0.100.